The number of carbonyl (C=O) groups is 1. The van der Waals surface area contributed by atoms with Crippen molar-refractivity contribution in [3.8, 4) is 0 Å². The Bertz CT molecular complexity index is 983. The van der Waals surface area contributed by atoms with E-state index in [1.165, 1.54) is 31.2 Å². The normalized spacial score (nSPS) is 11.5. The van der Waals surface area contributed by atoms with Gasteiger partial charge in [-0.05, 0) is 43.3 Å². The number of sulfonamides is 1. The first-order chi connectivity index (χ1) is 12.7. The van der Waals surface area contributed by atoms with E-state index in [-0.39, 0.29) is 45.7 Å². The van der Waals surface area contributed by atoms with Crippen molar-refractivity contribution >= 4 is 39.0 Å². The molecule has 2 aromatic carbocycles. The first kappa shape index (κ1) is 24.5. The third kappa shape index (κ3) is 5.76. The molecule has 0 N–H and O–H groups in total. The molecule has 0 saturated carbocycles. The average molecular weight is 433 g/mol. The van der Waals surface area contributed by atoms with Crippen molar-refractivity contribution in [2.24, 2.45) is 10.3 Å². The van der Waals surface area contributed by atoms with Crippen LogP contribution in [0.5, 0.6) is 0 Å². The monoisotopic (exact) mass is 432 g/mol. The maximum Gasteiger partial charge on any atom is 1.00 e. The van der Waals surface area contributed by atoms with Crippen molar-refractivity contribution in [2.75, 3.05) is 25.6 Å². The Morgan fingerprint density at radius 3 is 2.39 bits per heavy atom. The van der Waals surface area contributed by atoms with Crippen molar-refractivity contribution in [1.29, 1.82) is 0 Å². The molecular formula is C17H18ClN4NaO4S. The van der Waals surface area contributed by atoms with Gasteiger partial charge in [-0.1, -0.05) is 22.9 Å². The summed E-state index contributed by atoms with van der Waals surface area (Å²) in [5.41, 5.74) is 0.355. The third-order valence-electron chi connectivity index (χ3n) is 3.62. The van der Waals surface area contributed by atoms with Crippen LogP contribution in [-0.2, 0) is 10.0 Å². The number of benzene rings is 2. The predicted molar refractivity (Wildman–Crippen MR) is 101 cm³/mol. The summed E-state index contributed by atoms with van der Waals surface area (Å²) in [7, 11) is -1.07. The maximum atomic E-state index is 12.2. The van der Waals surface area contributed by atoms with Crippen LogP contribution < -0.4 is 39.7 Å². The average Bonchev–Trinajstić information content (AvgIpc) is 2.62. The summed E-state index contributed by atoms with van der Waals surface area (Å²) in [4.78, 5) is 11.4. The van der Waals surface area contributed by atoms with Crippen molar-refractivity contribution in [1.82, 2.24) is 4.31 Å². The van der Waals surface area contributed by atoms with Gasteiger partial charge in [0.2, 0.25) is 10.0 Å². The molecule has 0 bridgehead atoms. The zero-order valence-corrected chi connectivity index (χ0v) is 19.5. The van der Waals surface area contributed by atoms with Gasteiger partial charge in [-0.3, -0.25) is 0 Å². The van der Waals surface area contributed by atoms with Crippen molar-refractivity contribution in [3.63, 3.8) is 0 Å². The number of hydrogen-bond donors (Lipinski definition) is 0. The van der Waals surface area contributed by atoms with Crippen LogP contribution >= 0.6 is 11.6 Å². The van der Waals surface area contributed by atoms with E-state index in [0.717, 1.165) is 10.4 Å². The SMILES string of the molecule is CCN(N=Nc1cccc(Cl)c1)c1ccc(S(=O)(=O)N(C)C)cc1C(=O)[O-].[Na+]. The molecule has 2 rings (SSSR count). The van der Waals surface area contributed by atoms with Crippen LogP contribution in [0.2, 0.25) is 5.02 Å². The largest absolute Gasteiger partial charge is 1.00 e. The number of hydrogen-bond acceptors (Lipinski definition) is 6. The molecule has 0 amide bonds. The predicted octanol–water partition coefficient (Wildman–Crippen LogP) is -0.517. The molecule has 0 spiro atoms. The Balaban J connectivity index is 0.00000392. The second kappa shape index (κ2) is 10.3. The van der Waals surface area contributed by atoms with E-state index < -0.39 is 16.0 Å². The van der Waals surface area contributed by atoms with Crippen LogP contribution in [0.1, 0.15) is 17.3 Å². The number of aromatic carboxylic acids is 1. The molecule has 0 atom stereocenters. The molecule has 0 radical (unpaired) electrons. The summed E-state index contributed by atoms with van der Waals surface area (Å²) in [6.07, 6.45) is 0. The van der Waals surface area contributed by atoms with Gasteiger partial charge in [0.25, 0.3) is 0 Å². The molecule has 0 aliphatic carbocycles. The smallest absolute Gasteiger partial charge is 0.545 e. The van der Waals surface area contributed by atoms with Crippen molar-refractivity contribution < 1.29 is 47.9 Å². The molecule has 0 unspecified atom stereocenters. The fourth-order valence-corrected chi connectivity index (χ4v) is 3.31. The van der Waals surface area contributed by atoms with E-state index in [2.05, 4.69) is 10.3 Å². The van der Waals surface area contributed by atoms with E-state index in [0.29, 0.717) is 17.3 Å². The van der Waals surface area contributed by atoms with E-state index in [9.17, 15) is 18.3 Å². The molecule has 11 heteroatoms. The van der Waals surface area contributed by atoms with Gasteiger partial charge in [0.1, 0.15) is 0 Å². The fourth-order valence-electron chi connectivity index (χ4n) is 2.20. The Morgan fingerprint density at radius 2 is 1.86 bits per heavy atom. The number of nitrogens with zero attached hydrogens (tertiary/aromatic N) is 4. The molecular weight excluding hydrogens is 415 g/mol. The molecule has 0 aromatic heterocycles. The zero-order chi connectivity index (χ0) is 20.2. The number of anilines is 1. The first-order valence-electron chi connectivity index (χ1n) is 7.89. The van der Waals surface area contributed by atoms with Gasteiger partial charge in [0.05, 0.1) is 22.2 Å². The summed E-state index contributed by atoms with van der Waals surface area (Å²) >= 11 is 5.90. The quantitative estimate of drug-likeness (QED) is 0.332. The number of carboxylic acid groups (broad SMARTS) is 1. The van der Waals surface area contributed by atoms with E-state index >= 15 is 0 Å². The standard InChI is InChI=1S/C17H19ClN4O4S.Na/c1-4-22(20-19-13-7-5-6-12(18)10-13)16-9-8-14(11-15(16)17(23)24)27(25,26)21(2)3;/h5-11H,4H2,1-3H3,(H,23,24);/q;+1/p-1. The van der Waals surface area contributed by atoms with Crippen molar-refractivity contribution in [3.05, 3.63) is 53.1 Å². The second-order valence-electron chi connectivity index (χ2n) is 5.64. The van der Waals surface area contributed by atoms with Crippen LogP contribution in [0.25, 0.3) is 0 Å². The fraction of sp³-hybridized carbons (Fsp3) is 0.235. The van der Waals surface area contributed by atoms with Gasteiger partial charge in [-0.2, -0.15) is 0 Å². The van der Waals surface area contributed by atoms with Crippen molar-refractivity contribution in [2.45, 2.75) is 11.8 Å². The minimum Gasteiger partial charge on any atom is -0.545 e. The number of halogens is 1. The van der Waals surface area contributed by atoms with Crippen LogP contribution in [0.4, 0.5) is 11.4 Å². The summed E-state index contributed by atoms with van der Waals surface area (Å²) in [5, 5.41) is 21.5. The molecule has 8 nitrogen and oxygen atoms in total. The Hall–Kier alpha value is -1.49. The zero-order valence-electron chi connectivity index (χ0n) is 16.0. The molecule has 0 heterocycles. The van der Waals surface area contributed by atoms with Gasteiger partial charge in [-0.15, -0.1) is 5.11 Å². The van der Waals surface area contributed by atoms with Gasteiger partial charge in [0, 0.05) is 31.2 Å². The maximum absolute atomic E-state index is 12.2. The third-order valence-corrected chi connectivity index (χ3v) is 5.67. The summed E-state index contributed by atoms with van der Waals surface area (Å²) < 4.78 is 25.5. The molecule has 2 aromatic rings. The minimum atomic E-state index is -3.79. The Kier molecular flexibility index (Phi) is 9.06. The van der Waals surface area contributed by atoms with E-state index in [4.69, 9.17) is 11.6 Å². The Morgan fingerprint density at radius 1 is 1.18 bits per heavy atom. The summed E-state index contributed by atoms with van der Waals surface area (Å²) in [6.45, 7) is 2.05. The molecule has 0 fully saturated rings. The first-order valence-corrected chi connectivity index (χ1v) is 9.71. The molecule has 0 aliphatic rings. The van der Waals surface area contributed by atoms with E-state index in [1.807, 2.05) is 0 Å². The topological polar surface area (TPSA) is 105 Å². The number of carboxylic acids is 1. The van der Waals surface area contributed by atoms with Gasteiger partial charge in [0.15, 0.2) is 0 Å². The minimum absolute atomic E-state index is 0. The second-order valence-corrected chi connectivity index (χ2v) is 8.23. The molecule has 28 heavy (non-hydrogen) atoms. The summed E-state index contributed by atoms with van der Waals surface area (Å²) in [6, 6.07) is 10.4. The Labute approximate surface area is 191 Å². The number of rotatable bonds is 7. The van der Waals surface area contributed by atoms with Crippen LogP contribution in [-0.4, -0.2) is 39.3 Å². The van der Waals surface area contributed by atoms with Gasteiger partial charge >= 0.3 is 29.6 Å². The molecule has 0 aliphatic heterocycles. The summed E-state index contributed by atoms with van der Waals surface area (Å²) in [5.74, 6) is -1.52. The van der Waals surface area contributed by atoms with Crippen LogP contribution in [0, 0.1) is 0 Å². The van der Waals surface area contributed by atoms with Gasteiger partial charge in [-0.25, -0.2) is 17.7 Å². The van der Waals surface area contributed by atoms with Crippen LogP contribution in [0.15, 0.2) is 57.7 Å². The van der Waals surface area contributed by atoms with Gasteiger partial charge < -0.3 is 9.90 Å². The van der Waals surface area contributed by atoms with E-state index in [1.54, 1.807) is 31.2 Å². The molecule has 0 saturated heterocycles. The van der Waals surface area contributed by atoms with Crippen LogP contribution in [0.3, 0.4) is 0 Å². The molecule has 144 valence electrons. The number of carbonyl (C=O) groups excluding carboxylic acids is 1.